The van der Waals surface area contributed by atoms with E-state index >= 15 is 0 Å². The number of aldehydes is 1. The summed E-state index contributed by atoms with van der Waals surface area (Å²) in [6.45, 7) is 3.68. The second-order valence-corrected chi connectivity index (χ2v) is 2.82. The minimum absolute atomic E-state index is 0.594. The predicted molar refractivity (Wildman–Crippen MR) is 53.8 cm³/mol. The van der Waals surface area contributed by atoms with Crippen LogP contribution in [0.3, 0.4) is 0 Å². The standard InChI is InChI=1S/C11H9NO/c1-2-8-9-5-3-4-6-10(9)12-11(8)7-13/h2-7,12H,1H2. The lowest BCUT2D eigenvalue weighted by molar-refractivity contribution is 0.111. The number of benzene rings is 1. The molecule has 13 heavy (non-hydrogen) atoms. The van der Waals surface area contributed by atoms with Crippen molar-refractivity contribution in [1.82, 2.24) is 4.98 Å². The van der Waals surface area contributed by atoms with Crippen molar-refractivity contribution in [3.8, 4) is 0 Å². The summed E-state index contributed by atoms with van der Waals surface area (Å²) < 4.78 is 0. The quantitative estimate of drug-likeness (QED) is 0.692. The summed E-state index contributed by atoms with van der Waals surface area (Å²) in [7, 11) is 0. The number of hydrogen-bond acceptors (Lipinski definition) is 1. The number of carbonyl (C=O) groups excluding carboxylic acids is 1. The molecule has 0 bridgehead atoms. The van der Waals surface area contributed by atoms with Gasteiger partial charge in [0.15, 0.2) is 6.29 Å². The summed E-state index contributed by atoms with van der Waals surface area (Å²) in [4.78, 5) is 13.7. The topological polar surface area (TPSA) is 32.9 Å². The van der Waals surface area contributed by atoms with Gasteiger partial charge >= 0.3 is 0 Å². The Labute approximate surface area is 75.9 Å². The minimum atomic E-state index is 0.594. The second-order valence-electron chi connectivity index (χ2n) is 2.82. The maximum absolute atomic E-state index is 10.7. The van der Waals surface area contributed by atoms with Gasteiger partial charge in [0.05, 0.1) is 5.69 Å². The molecule has 1 heterocycles. The summed E-state index contributed by atoms with van der Waals surface area (Å²) in [5.74, 6) is 0. The van der Waals surface area contributed by atoms with Crippen molar-refractivity contribution in [2.45, 2.75) is 0 Å². The average molecular weight is 171 g/mol. The van der Waals surface area contributed by atoms with Crippen molar-refractivity contribution in [1.29, 1.82) is 0 Å². The summed E-state index contributed by atoms with van der Waals surface area (Å²) in [5.41, 5.74) is 2.45. The van der Waals surface area contributed by atoms with E-state index in [1.807, 2.05) is 24.3 Å². The van der Waals surface area contributed by atoms with Gasteiger partial charge in [0, 0.05) is 16.5 Å². The molecule has 64 valence electrons. The Kier molecular flexibility index (Phi) is 1.74. The van der Waals surface area contributed by atoms with Gasteiger partial charge in [-0.15, -0.1) is 0 Å². The highest BCUT2D eigenvalue weighted by atomic mass is 16.1. The van der Waals surface area contributed by atoms with E-state index in [4.69, 9.17) is 0 Å². The smallest absolute Gasteiger partial charge is 0.166 e. The number of aromatic nitrogens is 1. The fourth-order valence-corrected chi connectivity index (χ4v) is 1.50. The molecular formula is C11H9NO. The number of carbonyl (C=O) groups is 1. The van der Waals surface area contributed by atoms with E-state index in [9.17, 15) is 4.79 Å². The summed E-state index contributed by atoms with van der Waals surface area (Å²) in [5, 5.41) is 1.04. The Morgan fingerprint density at radius 3 is 2.77 bits per heavy atom. The third kappa shape index (κ3) is 1.07. The molecule has 0 aliphatic rings. The first-order chi connectivity index (χ1) is 6.36. The van der Waals surface area contributed by atoms with Crippen LogP contribution in [0.2, 0.25) is 0 Å². The molecule has 0 aliphatic heterocycles. The van der Waals surface area contributed by atoms with Crippen LogP contribution >= 0.6 is 0 Å². The normalized spacial score (nSPS) is 10.2. The molecule has 0 atom stereocenters. The maximum atomic E-state index is 10.7. The Morgan fingerprint density at radius 1 is 1.31 bits per heavy atom. The number of hydrogen-bond donors (Lipinski definition) is 1. The first-order valence-corrected chi connectivity index (χ1v) is 4.05. The molecule has 0 unspecified atom stereocenters. The molecule has 0 saturated carbocycles. The van der Waals surface area contributed by atoms with Gasteiger partial charge in [0.1, 0.15) is 0 Å². The highest BCUT2D eigenvalue weighted by Crippen LogP contribution is 2.21. The zero-order valence-corrected chi connectivity index (χ0v) is 7.08. The average Bonchev–Trinajstić information content (AvgIpc) is 2.55. The summed E-state index contributed by atoms with van der Waals surface area (Å²) in [6.07, 6.45) is 2.51. The third-order valence-electron chi connectivity index (χ3n) is 2.10. The van der Waals surface area contributed by atoms with Gasteiger partial charge in [0.2, 0.25) is 0 Å². The van der Waals surface area contributed by atoms with Crippen LogP contribution in [0.1, 0.15) is 16.1 Å². The zero-order chi connectivity index (χ0) is 9.26. The number of nitrogens with one attached hydrogen (secondary N) is 1. The molecule has 0 saturated heterocycles. The molecule has 0 spiro atoms. The maximum Gasteiger partial charge on any atom is 0.166 e. The molecule has 2 aromatic rings. The Morgan fingerprint density at radius 2 is 2.08 bits per heavy atom. The van der Waals surface area contributed by atoms with Gasteiger partial charge in [-0.3, -0.25) is 4.79 Å². The zero-order valence-electron chi connectivity index (χ0n) is 7.08. The van der Waals surface area contributed by atoms with E-state index in [-0.39, 0.29) is 0 Å². The van der Waals surface area contributed by atoms with Crippen molar-refractivity contribution >= 4 is 23.3 Å². The number of H-pyrrole nitrogens is 1. The van der Waals surface area contributed by atoms with Gasteiger partial charge in [-0.2, -0.15) is 0 Å². The van der Waals surface area contributed by atoms with Crippen LogP contribution in [0.25, 0.3) is 17.0 Å². The molecule has 2 rings (SSSR count). The van der Waals surface area contributed by atoms with Gasteiger partial charge in [0.25, 0.3) is 0 Å². The predicted octanol–water partition coefficient (Wildman–Crippen LogP) is 2.62. The molecule has 0 amide bonds. The van der Waals surface area contributed by atoms with Crippen LogP contribution in [0.4, 0.5) is 0 Å². The SMILES string of the molecule is C=Cc1c(C=O)[nH]c2ccccc12. The van der Waals surface area contributed by atoms with Crippen molar-refractivity contribution in [2.24, 2.45) is 0 Å². The number of fused-ring (bicyclic) bond motifs is 1. The van der Waals surface area contributed by atoms with E-state index in [1.165, 1.54) is 0 Å². The Bertz CT molecular complexity index is 468. The third-order valence-corrected chi connectivity index (χ3v) is 2.10. The number of aromatic amines is 1. The molecule has 0 radical (unpaired) electrons. The lowest BCUT2D eigenvalue weighted by Crippen LogP contribution is -1.80. The van der Waals surface area contributed by atoms with Crippen LogP contribution in [-0.4, -0.2) is 11.3 Å². The van der Waals surface area contributed by atoms with Crippen LogP contribution in [-0.2, 0) is 0 Å². The summed E-state index contributed by atoms with van der Waals surface area (Å²) >= 11 is 0. The first-order valence-electron chi connectivity index (χ1n) is 4.05. The van der Waals surface area contributed by atoms with Crippen molar-refractivity contribution in [2.75, 3.05) is 0 Å². The van der Waals surface area contributed by atoms with E-state index in [0.29, 0.717) is 5.69 Å². The molecule has 2 nitrogen and oxygen atoms in total. The molecule has 1 aromatic carbocycles. The summed E-state index contributed by atoms with van der Waals surface area (Å²) in [6, 6.07) is 7.78. The van der Waals surface area contributed by atoms with E-state index < -0.39 is 0 Å². The molecule has 0 fully saturated rings. The van der Waals surface area contributed by atoms with E-state index in [1.54, 1.807) is 6.08 Å². The van der Waals surface area contributed by atoms with Crippen molar-refractivity contribution in [3.05, 3.63) is 42.1 Å². The Hall–Kier alpha value is -1.83. The fraction of sp³-hybridized carbons (Fsp3) is 0. The first kappa shape index (κ1) is 7.80. The van der Waals surface area contributed by atoms with Crippen LogP contribution in [0.15, 0.2) is 30.8 Å². The van der Waals surface area contributed by atoms with E-state index in [2.05, 4.69) is 11.6 Å². The van der Waals surface area contributed by atoms with Crippen LogP contribution in [0, 0.1) is 0 Å². The monoisotopic (exact) mass is 171 g/mol. The largest absolute Gasteiger partial charge is 0.352 e. The number of rotatable bonds is 2. The molecular weight excluding hydrogens is 162 g/mol. The van der Waals surface area contributed by atoms with Crippen molar-refractivity contribution in [3.63, 3.8) is 0 Å². The van der Waals surface area contributed by atoms with Gasteiger partial charge in [-0.05, 0) is 6.07 Å². The lowest BCUT2D eigenvalue weighted by Gasteiger charge is -1.89. The highest BCUT2D eigenvalue weighted by Gasteiger charge is 2.05. The Balaban J connectivity index is 2.88. The van der Waals surface area contributed by atoms with Crippen molar-refractivity contribution < 1.29 is 4.79 Å². The van der Waals surface area contributed by atoms with Gasteiger partial charge in [-0.1, -0.05) is 30.9 Å². The highest BCUT2D eigenvalue weighted by molar-refractivity contribution is 5.97. The molecule has 1 N–H and O–H groups in total. The number of para-hydroxylation sites is 1. The van der Waals surface area contributed by atoms with E-state index in [0.717, 1.165) is 22.8 Å². The lowest BCUT2D eigenvalue weighted by atomic mass is 10.1. The fourth-order valence-electron chi connectivity index (χ4n) is 1.50. The minimum Gasteiger partial charge on any atom is -0.352 e. The van der Waals surface area contributed by atoms with Crippen LogP contribution < -0.4 is 0 Å². The van der Waals surface area contributed by atoms with Crippen LogP contribution in [0.5, 0.6) is 0 Å². The molecule has 1 aromatic heterocycles. The molecule has 2 heteroatoms. The van der Waals surface area contributed by atoms with Gasteiger partial charge < -0.3 is 4.98 Å². The van der Waals surface area contributed by atoms with Gasteiger partial charge in [-0.25, -0.2) is 0 Å². The molecule has 0 aliphatic carbocycles. The second kappa shape index (κ2) is 2.90.